The van der Waals surface area contributed by atoms with Crippen molar-refractivity contribution in [2.75, 3.05) is 0 Å². The van der Waals surface area contributed by atoms with E-state index in [1.54, 1.807) is 12.1 Å². The number of hydrogen-bond donors (Lipinski definition) is 1. The van der Waals surface area contributed by atoms with Gasteiger partial charge in [0.2, 0.25) is 0 Å². The van der Waals surface area contributed by atoms with Gasteiger partial charge in [-0.2, -0.15) is 0 Å². The molecule has 1 unspecified atom stereocenters. The highest BCUT2D eigenvalue weighted by molar-refractivity contribution is 6.03. The van der Waals surface area contributed by atoms with Crippen LogP contribution in [-0.4, -0.2) is 15.5 Å². The Morgan fingerprint density at radius 2 is 1.71 bits per heavy atom. The van der Waals surface area contributed by atoms with Gasteiger partial charge >= 0.3 is 0 Å². The third kappa shape index (κ3) is 3.08. The Hall–Kier alpha value is -3.61. The van der Waals surface area contributed by atoms with Crippen LogP contribution in [-0.2, 0) is 0 Å². The van der Waals surface area contributed by atoms with Crippen LogP contribution in [0.2, 0.25) is 0 Å². The lowest BCUT2D eigenvalue weighted by Crippen LogP contribution is -2.31. The van der Waals surface area contributed by atoms with E-state index in [0.29, 0.717) is 23.5 Å². The number of fused-ring (bicyclic) bond motifs is 5. The van der Waals surface area contributed by atoms with E-state index in [1.807, 2.05) is 38.1 Å². The number of nitrogens with zero attached hydrogens (tertiary/aromatic N) is 2. The van der Waals surface area contributed by atoms with Gasteiger partial charge in [-0.15, -0.1) is 0 Å². The SMILES string of the molecule is CC(C)CC1NC(=O)c2cc3ccccc3cc2-n2c1nc1cc(F)c(F)cc1c2=O. The Morgan fingerprint density at radius 1 is 1.03 bits per heavy atom. The van der Waals surface area contributed by atoms with Gasteiger partial charge in [0.1, 0.15) is 5.82 Å². The van der Waals surface area contributed by atoms with Gasteiger partial charge in [-0.1, -0.05) is 38.1 Å². The molecule has 1 atom stereocenters. The van der Waals surface area contributed by atoms with E-state index in [2.05, 4.69) is 10.3 Å². The monoisotopic (exact) mass is 419 g/mol. The largest absolute Gasteiger partial charge is 0.342 e. The molecule has 31 heavy (non-hydrogen) atoms. The highest BCUT2D eigenvalue weighted by atomic mass is 19.2. The van der Waals surface area contributed by atoms with Crippen LogP contribution in [0.3, 0.4) is 0 Å². The molecule has 0 bridgehead atoms. The summed E-state index contributed by atoms with van der Waals surface area (Å²) < 4.78 is 29.2. The molecule has 1 aromatic heterocycles. The van der Waals surface area contributed by atoms with Gasteiger partial charge < -0.3 is 5.32 Å². The second-order valence-electron chi connectivity index (χ2n) is 8.27. The fourth-order valence-corrected chi connectivity index (χ4v) is 4.20. The molecule has 3 aromatic carbocycles. The van der Waals surface area contributed by atoms with Gasteiger partial charge in [0, 0.05) is 6.07 Å². The first-order valence-corrected chi connectivity index (χ1v) is 10.1. The molecule has 0 spiro atoms. The average Bonchev–Trinajstić information content (AvgIpc) is 2.83. The number of carbonyl (C=O) groups is 1. The maximum Gasteiger partial charge on any atom is 0.266 e. The Labute approximate surface area is 176 Å². The zero-order valence-electron chi connectivity index (χ0n) is 16.9. The summed E-state index contributed by atoms with van der Waals surface area (Å²) in [6.45, 7) is 3.99. The standard InChI is InChI=1S/C24H19F2N3O2/c1-12(2)7-20-22-27-19-11-18(26)17(25)10-15(19)24(31)29(22)21-9-14-6-4-3-5-13(14)8-16(21)23(30)28-20/h3-6,8-12,20H,7H2,1-2H3,(H,28,30). The second-order valence-corrected chi connectivity index (χ2v) is 8.27. The normalized spacial score (nSPS) is 15.6. The van der Waals surface area contributed by atoms with Crippen LogP contribution in [0.4, 0.5) is 8.78 Å². The van der Waals surface area contributed by atoms with Crippen LogP contribution in [0.1, 0.15) is 42.5 Å². The van der Waals surface area contributed by atoms with Crippen LogP contribution in [0.5, 0.6) is 0 Å². The molecule has 0 saturated carbocycles. The van der Waals surface area contributed by atoms with E-state index in [9.17, 15) is 18.4 Å². The van der Waals surface area contributed by atoms with E-state index in [-0.39, 0.29) is 22.7 Å². The van der Waals surface area contributed by atoms with E-state index < -0.39 is 23.2 Å². The molecule has 1 N–H and O–H groups in total. The topological polar surface area (TPSA) is 64.0 Å². The van der Waals surface area contributed by atoms with Crippen molar-refractivity contribution in [3.8, 4) is 5.69 Å². The van der Waals surface area contributed by atoms with Crippen molar-refractivity contribution in [3.63, 3.8) is 0 Å². The molecule has 4 aromatic rings. The molecule has 0 fully saturated rings. The Bertz CT molecular complexity index is 1440. The van der Waals surface area contributed by atoms with Crippen molar-refractivity contribution < 1.29 is 13.6 Å². The van der Waals surface area contributed by atoms with Crippen molar-refractivity contribution >= 4 is 27.6 Å². The number of nitrogens with one attached hydrogen (secondary N) is 1. The minimum atomic E-state index is -1.12. The van der Waals surface area contributed by atoms with Crippen LogP contribution in [0, 0.1) is 17.6 Å². The third-order valence-corrected chi connectivity index (χ3v) is 5.61. The van der Waals surface area contributed by atoms with E-state index in [1.165, 1.54) is 4.57 Å². The smallest absolute Gasteiger partial charge is 0.266 e. The summed E-state index contributed by atoms with van der Waals surface area (Å²) >= 11 is 0. The summed E-state index contributed by atoms with van der Waals surface area (Å²) in [7, 11) is 0. The summed E-state index contributed by atoms with van der Waals surface area (Å²) in [5.41, 5.74) is 0.224. The van der Waals surface area contributed by atoms with Crippen molar-refractivity contribution in [1.82, 2.24) is 14.9 Å². The molecule has 156 valence electrons. The fraction of sp³-hybridized carbons (Fsp3) is 0.208. The number of halogens is 2. The summed E-state index contributed by atoms with van der Waals surface area (Å²) in [4.78, 5) is 31.2. The number of hydrogen-bond acceptors (Lipinski definition) is 3. The lowest BCUT2D eigenvalue weighted by atomic mass is 10.0. The van der Waals surface area contributed by atoms with Crippen LogP contribution >= 0.6 is 0 Å². The number of amides is 1. The van der Waals surface area contributed by atoms with Gasteiger partial charge in [-0.25, -0.2) is 13.8 Å². The van der Waals surface area contributed by atoms with Crippen molar-refractivity contribution in [2.24, 2.45) is 5.92 Å². The predicted molar refractivity (Wildman–Crippen MR) is 114 cm³/mol. The molecule has 1 aliphatic heterocycles. The van der Waals surface area contributed by atoms with E-state index >= 15 is 0 Å². The Morgan fingerprint density at radius 3 is 2.42 bits per heavy atom. The molecule has 1 amide bonds. The van der Waals surface area contributed by atoms with Gasteiger partial charge in [0.05, 0.1) is 28.2 Å². The van der Waals surface area contributed by atoms with E-state index in [4.69, 9.17) is 0 Å². The van der Waals surface area contributed by atoms with Gasteiger partial charge in [-0.3, -0.25) is 14.2 Å². The lowest BCUT2D eigenvalue weighted by molar-refractivity contribution is 0.0933. The number of benzene rings is 3. The maximum absolute atomic E-state index is 13.9. The first-order chi connectivity index (χ1) is 14.8. The summed E-state index contributed by atoms with van der Waals surface area (Å²) in [5.74, 6) is -2.02. The van der Waals surface area contributed by atoms with Crippen molar-refractivity contribution in [2.45, 2.75) is 26.3 Å². The van der Waals surface area contributed by atoms with Gasteiger partial charge in [0.15, 0.2) is 11.6 Å². The second kappa shape index (κ2) is 6.97. The third-order valence-electron chi connectivity index (χ3n) is 5.61. The van der Waals surface area contributed by atoms with Gasteiger partial charge in [0.25, 0.3) is 11.5 Å². The number of aromatic nitrogens is 2. The number of rotatable bonds is 2. The summed E-state index contributed by atoms with van der Waals surface area (Å²) in [5, 5.41) is 4.64. The van der Waals surface area contributed by atoms with Crippen molar-refractivity contribution in [1.29, 1.82) is 0 Å². The molecule has 1 aliphatic rings. The molecule has 0 aliphatic carbocycles. The Kier molecular flexibility index (Phi) is 4.36. The van der Waals surface area contributed by atoms with Crippen LogP contribution in [0.25, 0.3) is 27.4 Å². The zero-order valence-corrected chi connectivity index (χ0v) is 16.9. The Balaban J connectivity index is 1.92. The summed E-state index contributed by atoms with van der Waals surface area (Å²) in [6.07, 6.45) is 0.529. The first-order valence-electron chi connectivity index (χ1n) is 10.1. The van der Waals surface area contributed by atoms with Gasteiger partial charge in [-0.05, 0) is 41.3 Å². The molecule has 0 radical (unpaired) electrons. The minimum absolute atomic E-state index is 0.0422. The quantitative estimate of drug-likeness (QED) is 0.515. The molecular weight excluding hydrogens is 400 g/mol. The molecule has 7 heteroatoms. The first kappa shape index (κ1) is 19.4. The maximum atomic E-state index is 13.9. The lowest BCUT2D eigenvalue weighted by Gasteiger charge is -2.20. The molecular formula is C24H19F2N3O2. The minimum Gasteiger partial charge on any atom is -0.342 e. The van der Waals surface area contributed by atoms with Crippen LogP contribution in [0.15, 0.2) is 53.3 Å². The van der Waals surface area contributed by atoms with E-state index in [0.717, 1.165) is 22.9 Å². The molecule has 2 heterocycles. The molecule has 5 rings (SSSR count). The predicted octanol–water partition coefficient (Wildman–Crippen LogP) is 4.65. The van der Waals surface area contributed by atoms with Crippen molar-refractivity contribution in [3.05, 3.63) is 81.9 Å². The molecule has 5 nitrogen and oxygen atoms in total. The fourth-order valence-electron chi connectivity index (χ4n) is 4.20. The van der Waals surface area contributed by atoms with Crippen LogP contribution < -0.4 is 10.9 Å². The summed E-state index contributed by atoms with van der Waals surface area (Å²) in [6, 6.07) is 12.2. The molecule has 0 saturated heterocycles. The zero-order chi connectivity index (χ0) is 21.9. The highest BCUT2D eigenvalue weighted by Gasteiger charge is 2.30. The highest BCUT2D eigenvalue weighted by Crippen LogP contribution is 2.31. The average molecular weight is 419 g/mol. The number of carbonyl (C=O) groups excluding carboxylic acids is 1.